The summed E-state index contributed by atoms with van der Waals surface area (Å²) >= 11 is 2.00. The number of aromatic nitrogens is 2. The number of nitrogens with zero attached hydrogens (tertiary/aromatic N) is 2. The van der Waals surface area contributed by atoms with Crippen molar-refractivity contribution in [2.45, 2.75) is 0 Å². The third-order valence-electron chi connectivity index (χ3n) is 4.93. The minimum Gasteiger partial charge on any atom is -0.497 e. The molecule has 3 amide bonds. The standard InChI is InChI=1S/C22H19F2N6O6PS2/c1-36-11-4-2-3-10(5-11)19(31)27-15-6-12(13(23)7-14(15)24)16-8-38-20(28-16)17-18(25)29-22(39-17)30-21(32)26-9-37(33,34)35/h2-8H,9,25H2,1H3,(H,27,31)(H2,33,34,35)(H2,26,29,30,32). The molecule has 0 bridgehead atoms. The Hall–Kier alpha value is -3.95. The van der Waals surface area contributed by atoms with Crippen LogP contribution in [0.25, 0.3) is 21.1 Å². The summed E-state index contributed by atoms with van der Waals surface area (Å²) in [7, 11) is -3.01. The number of anilines is 3. The molecule has 0 saturated carbocycles. The van der Waals surface area contributed by atoms with Crippen molar-refractivity contribution in [3.05, 3.63) is 59.0 Å². The second-order valence-electron chi connectivity index (χ2n) is 7.72. The maximum Gasteiger partial charge on any atom is 0.344 e. The molecule has 12 nitrogen and oxygen atoms in total. The van der Waals surface area contributed by atoms with Gasteiger partial charge in [-0.2, -0.15) is 0 Å². The van der Waals surface area contributed by atoms with Gasteiger partial charge in [-0.3, -0.25) is 14.7 Å². The van der Waals surface area contributed by atoms with Gasteiger partial charge in [-0.15, -0.1) is 11.3 Å². The van der Waals surface area contributed by atoms with Crippen LogP contribution in [-0.4, -0.2) is 45.1 Å². The molecule has 4 aromatic rings. The number of ether oxygens (including phenoxy) is 1. The van der Waals surface area contributed by atoms with Crippen LogP contribution in [0, 0.1) is 11.6 Å². The Morgan fingerprint density at radius 3 is 2.62 bits per heavy atom. The molecule has 0 aliphatic rings. The average Bonchev–Trinajstić information content (AvgIpc) is 3.50. The molecule has 2 heterocycles. The maximum atomic E-state index is 14.7. The van der Waals surface area contributed by atoms with Crippen molar-refractivity contribution in [2.24, 2.45) is 0 Å². The van der Waals surface area contributed by atoms with Gasteiger partial charge in [0, 0.05) is 22.6 Å². The SMILES string of the molecule is COc1cccc(C(=O)Nc2cc(-c3csc(-c4sc(NC(=O)NCP(=O)(O)O)nc4N)n3)c(F)cc2F)c1. The summed E-state index contributed by atoms with van der Waals surface area (Å²) in [5.74, 6) is -2.10. The molecule has 0 spiro atoms. The number of urea groups is 1. The van der Waals surface area contributed by atoms with Crippen LogP contribution in [-0.2, 0) is 4.57 Å². The van der Waals surface area contributed by atoms with E-state index in [4.69, 9.17) is 20.3 Å². The number of carbonyl (C=O) groups excluding carboxylic acids is 2. The van der Waals surface area contributed by atoms with Gasteiger partial charge in [0.1, 0.15) is 39.4 Å². The predicted octanol–water partition coefficient (Wildman–Crippen LogP) is 4.31. The van der Waals surface area contributed by atoms with E-state index in [-0.39, 0.29) is 33.5 Å². The molecule has 17 heteroatoms. The molecule has 0 aliphatic carbocycles. The fraction of sp³-hybridized carbons (Fsp3) is 0.0909. The van der Waals surface area contributed by atoms with E-state index < -0.39 is 37.5 Å². The van der Waals surface area contributed by atoms with E-state index in [1.165, 1.54) is 24.6 Å². The zero-order valence-corrected chi connectivity index (χ0v) is 22.3. The topological polar surface area (TPSA) is 189 Å². The van der Waals surface area contributed by atoms with Gasteiger partial charge in [-0.1, -0.05) is 17.4 Å². The monoisotopic (exact) mass is 596 g/mol. The molecule has 2 aromatic carbocycles. The van der Waals surface area contributed by atoms with Gasteiger partial charge in [0.25, 0.3) is 5.91 Å². The zero-order valence-electron chi connectivity index (χ0n) is 19.8. The number of amides is 3. The first-order chi connectivity index (χ1) is 18.4. The quantitative estimate of drug-likeness (QED) is 0.161. The predicted molar refractivity (Wildman–Crippen MR) is 143 cm³/mol. The highest BCUT2D eigenvalue weighted by molar-refractivity contribution is 7.51. The number of rotatable bonds is 8. The van der Waals surface area contributed by atoms with E-state index in [9.17, 15) is 22.9 Å². The number of thiazole rings is 2. The minimum atomic E-state index is -4.45. The van der Waals surface area contributed by atoms with Crippen LogP contribution in [0.3, 0.4) is 0 Å². The van der Waals surface area contributed by atoms with E-state index >= 15 is 0 Å². The van der Waals surface area contributed by atoms with Gasteiger partial charge in [0.15, 0.2) is 5.13 Å². The molecular formula is C22H19F2N6O6PS2. The number of hydrogen-bond acceptors (Lipinski definition) is 9. The molecule has 4 rings (SSSR count). The average molecular weight is 597 g/mol. The van der Waals surface area contributed by atoms with Gasteiger partial charge in [0.05, 0.1) is 18.5 Å². The first-order valence-electron chi connectivity index (χ1n) is 10.7. The summed E-state index contributed by atoms with van der Waals surface area (Å²) in [6.45, 7) is 0. The van der Waals surface area contributed by atoms with Gasteiger partial charge >= 0.3 is 13.6 Å². The molecule has 39 heavy (non-hydrogen) atoms. The fourth-order valence-corrected chi connectivity index (χ4v) is 5.31. The van der Waals surface area contributed by atoms with Gasteiger partial charge in [-0.25, -0.2) is 23.5 Å². The van der Waals surface area contributed by atoms with Crippen LogP contribution in [0.1, 0.15) is 10.4 Å². The molecule has 0 radical (unpaired) electrons. The minimum absolute atomic E-state index is 0.00277. The van der Waals surface area contributed by atoms with Gasteiger partial charge in [-0.05, 0) is 24.3 Å². The number of halogens is 2. The molecule has 0 unspecified atom stereocenters. The number of methoxy groups -OCH3 is 1. The lowest BCUT2D eigenvalue weighted by molar-refractivity contribution is 0.102. The van der Waals surface area contributed by atoms with Crippen LogP contribution in [0.15, 0.2) is 41.8 Å². The third-order valence-corrected chi connectivity index (χ3v) is 7.48. The van der Waals surface area contributed by atoms with Crippen LogP contribution in [0.2, 0.25) is 0 Å². The summed E-state index contributed by atoms with van der Waals surface area (Å²) in [6, 6.07) is 7.06. The summed E-state index contributed by atoms with van der Waals surface area (Å²) in [4.78, 5) is 50.8. The van der Waals surface area contributed by atoms with E-state index in [1.54, 1.807) is 12.1 Å². The third kappa shape index (κ3) is 6.93. The number of carbonyl (C=O) groups is 2. The van der Waals surface area contributed by atoms with E-state index in [0.717, 1.165) is 28.7 Å². The Balaban J connectivity index is 1.54. The number of benzene rings is 2. The van der Waals surface area contributed by atoms with E-state index in [2.05, 4.69) is 20.6 Å². The normalized spacial score (nSPS) is 11.2. The molecule has 0 atom stereocenters. The Morgan fingerprint density at radius 2 is 1.90 bits per heavy atom. The highest BCUT2D eigenvalue weighted by Gasteiger charge is 2.21. The smallest absolute Gasteiger partial charge is 0.344 e. The van der Waals surface area contributed by atoms with Crippen LogP contribution >= 0.6 is 30.3 Å². The number of nitrogen functional groups attached to an aromatic ring is 1. The lowest BCUT2D eigenvalue weighted by atomic mass is 10.1. The zero-order chi connectivity index (χ0) is 28.3. The fourth-order valence-electron chi connectivity index (χ4n) is 3.16. The van der Waals surface area contributed by atoms with Gasteiger partial charge in [0.2, 0.25) is 0 Å². The highest BCUT2D eigenvalue weighted by Crippen LogP contribution is 2.39. The largest absolute Gasteiger partial charge is 0.497 e. The number of nitrogens with two attached hydrogens (primary N) is 1. The molecule has 0 aliphatic heterocycles. The Bertz CT molecular complexity index is 1610. The second-order valence-corrected chi connectivity index (χ2v) is 11.2. The maximum absolute atomic E-state index is 14.7. The first-order valence-corrected chi connectivity index (χ1v) is 14.2. The summed E-state index contributed by atoms with van der Waals surface area (Å²) in [6.07, 6.45) is -0.867. The van der Waals surface area contributed by atoms with Crippen molar-refractivity contribution < 1.29 is 37.5 Å². The van der Waals surface area contributed by atoms with Crippen LogP contribution < -0.4 is 26.4 Å². The van der Waals surface area contributed by atoms with Gasteiger partial charge < -0.3 is 30.9 Å². The summed E-state index contributed by atoms with van der Waals surface area (Å²) in [5.41, 5.74) is 5.92. The molecule has 0 fully saturated rings. The lowest BCUT2D eigenvalue weighted by Gasteiger charge is -2.10. The Kier molecular flexibility index (Phi) is 8.22. The van der Waals surface area contributed by atoms with E-state index in [1.807, 2.05) is 5.32 Å². The summed E-state index contributed by atoms with van der Waals surface area (Å²) < 4.78 is 45.2. The van der Waals surface area contributed by atoms with Crippen molar-refractivity contribution in [1.82, 2.24) is 15.3 Å². The molecular weight excluding hydrogens is 577 g/mol. The second kappa shape index (κ2) is 11.4. The van der Waals surface area contributed by atoms with Crippen molar-refractivity contribution in [1.29, 1.82) is 0 Å². The van der Waals surface area contributed by atoms with E-state index in [0.29, 0.717) is 21.7 Å². The summed E-state index contributed by atoms with van der Waals surface area (Å²) in [5, 5.41) is 8.57. The van der Waals surface area contributed by atoms with Crippen LogP contribution in [0.4, 0.5) is 30.2 Å². The first kappa shape index (κ1) is 28.1. The Labute approximate surface area is 227 Å². The van der Waals surface area contributed by atoms with Crippen molar-refractivity contribution in [3.8, 4) is 26.9 Å². The van der Waals surface area contributed by atoms with Crippen molar-refractivity contribution in [3.63, 3.8) is 0 Å². The highest BCUT2D eigenvalue weighted by atomic mass is 32.1. The van der Waals surface area contributed by atoms with Crippen LogP contribution in [0.5, 0.6) is 5.75 Å². The number of hydrogen-bond donors (Lipinski definition) is 6. The molecule has 7 N–H and O–H groups in total. The Morgan fingerprint density at radius 1 is 1.13 bits per heavy atom. The lowest BCUT2D eigenvalue weighted by Crippen LogP contribution is -2.29. The molecule has 204 valence electrons. The van der Waals surface area contributed by atoms with Crippen molar-refractivity contribution >= 4 is 58.8 Å². The molecule has 0 saturated heterocycles. The number of nitrogens with one attached hydrogen (secondary N) is 3. The van der Waals surface area contributed by atoms with Crippen molar-refractivity contribution in [2.75, 3.05) is 29.8 Å². The molecule has 2 aromatic heterocycles.